The third-order valence-electron chi connectivity index (χ3n) is 2.66. The van der Waals surface area contributed by atoms with E-state index < -0.39 is 22.2 Å². The number of nitro benzene ring substituents is 1. The van der Waals surface area contributed by atoms with Crippen molar-refractivity contribution in [1.29, 1.82) is 0 Å². The van der Waals surface area contributed by atoms with Gasteiger partial charge in [-0.2, -0.15) is 0 Å². The molecule has 20 heavy (non-hydrogen) atoms. The van der Waals surface area contributed by atoms with Crippen molar-refractivity contribution >= 4 is 23.0 Å². The summed E-state index contributed by atoms with van der Waals surface area (Å²) in [7, 11) is 0. The number of anilines is 1. The van der Waals surface area contributed by atoms with Crippen molar-refractivity contribution in [3.63, 3.8) is 0 Å². The van der Waals surface area contributed by atoms with Crippen molar-refractivity contribution in [3.05, 3.63) is 68.7 Å². The van der Waals surface area contributed by atoms with Crippen LogP contribution in [0.3, 0.4) is 0 Å². The number of hydrogen-bond acceptors (Lipinski definition) is 3. The number of nitro groups is 1. The molecule has 0 amide bonds. The van der Waals surface area contributed by atoms with Crippen LogP contribution in [0.1, 0.15) is 5.56 Å². The Morgan fingerprint density at radius 1 is 1.25 bits per heavy atom. The minimum absolute atomic E-state index is 0.00113. The Hall–Kier alpha value is -2.21. The molecule has 2 aromatic carbocycles. The lowest BCUT2D eigenvalue weighted by Crippen LogP contribution is -2.04. The van der Waals surface area contributed by atoms with Gasteiger partial charge >= 0.3 is 0 Å². The Morgan fingerprint density at radius 2 is 2.00 bits per heavy atom. The van der Waals surface area contributed by atoms with E-state index in [2.05, 4.69) is 5.32 Å². The van der Waals surface area contributed by atoms with Gasteiger partial charge in [0.15, 0.2) is 0 Å². The Bertz CT molecular complexity index is 665. The third-order valence-corrected chi connectivity index (χ3v) is 2.95. The minimum Gasteiger partial charge on any atom is -0.375 e. The molecule has 7 heteroatoms. The second kappa shape index (κ2) is 5.83. The second-order valence-electron chi connectivity index (χ2n) is 3.99. The molecule has 0 aliphatic heterocycles. The van der Waals surface area contributed by atoms with Gasteiger partial charge in [-0.1, -0.05) is 23.7 Å². The summed E-state index contributed by atoms with van der Waals surface area (Å²) >= 11 is 5.64. The van der Waals surface area contributed by atoms with E-state index in [9.17, 15) is 18.9 Å². The molecule has 0 unspecified atom stereocenters. The van der Waals surface area contributed by atoms with E-state index in [0.717, 1.165) is 12.1 Å². The fourth-order valence-electron chi connectivity index (χ4n) is 1.68. The Balaban J connectivity index is 2.23. The summed E-state index contributed by atoms with van der Waals surface area (Å²) in [6.07, 6.45) is 0. The van der Waals surface area contributed by atoms with Gasteiger partial charge in [-0.25, -0.2) is 8.78 Å². The van der Waals surface area contributed by atoms with Crippen LogP contribution < -0.4 is 5.32 Å². The Kier molecular flexibility index (Phi) is 4.14. The minimum atomic E-state index is -0.712. The fourth-order valence-corrected chi connectivity index (χ4v) is 1.87. The summed E-state index contributed by atoms with van der Waals surface area (Å²) in [6.45, 7) is -0.00113. The second-order valence-corrected chi connectivity index (χ2v) is 4.39. The van der Waals surface area contributed by atoms with Crippen LogP contribution >= 0.6 is 11.6 Å². The van der Waals surface area contributed by atoms with E-state index in [4.69, 9.17) is 11.6 Å². The van der Waals surface area contributed by atoms with Gasteiger partial charge in [0.05, 0.1) is 16.0 Å². The van der Waals surface area contributed by atoms with E-state index in [1.807, 2.05) is 0 Å². The highest BCUT2D eigenvalue weighted by atomic mass is 35.5. The highest BCUT2D eigenvalue weighted by Gasteiger charge is 2.15. The van der Waals surface area contributed by atoms with Gasteiger partial charge in [0.2, 0.25) is 0 Å². The predicted octanol–water partition coefficient (Wildman–Crippen LogP) is 4.14. The first-order chi connectivity index (χ1) is 9.49. The van der Waals surface area contributed by atoms with Crippen LogP contribution in [0.2, 0.25) is 5.02 Å². The standard InChI is InChI=1S/C13H9ClF2N2O2/c14-10-3-1-2-8(13(10)16)7-17-11-5-4-9(15)6-12(11)18(19)20/h1-6,17H,7H2. The molecule has 104 valence electrons. The number of benzene rings is 2. The molecule has 0 spiro atoms. The summed E-state index contributed by atoms with van der Waals surface area (Å²) in [5.74, 6) is -1.30. The summed E-state index contributed by atoms with van der Waals surface area (Å²) in [5.41, 5.74) is -0.0423. The first-order valence-corrected chi connectivity index (χ1v) is 5.97. The maximum absolute atomic E-state index is 13.7. The monoisotopic (exact) mass is 298 g/mol. The molecule has 0 aliphatic carbocycles. The molecule has 0 saturated carbocycles. The molecular formula is C13H9ClF2N2O2. The molecule has 2 aromatic rings. The lowest BCUT2D eigenvalue weighted by Gasteiger charge is -2.08. The van der Waals surface area contributed by atoms with Crippen molar-refractivity contribution in [3.8, 4) is 0 Å². The van der Waals surface area contributed by atoms with Crippen molar-refractivity contribution in [1.82, 2.24) is 0 Å². The van der Waals surface area contributed by atoms with E-state index in [1.165, 1.54) is 18.2 Å². The molecule has 0 atom stereocenters. The van der Waals surface area contributed by atoms with Crippen LogP contribution in [-0.4, -0.2) is 4.92 Å². The van der Waals surface area contributed by atoms with Crippen molar-refractivity contribution in [2.75, 3.05) is 5.32 Å². The lowest BCUT2D eigenvalue weighted by atomic mass is 10.2. The van der Waals surface area contributed by atoms with Gasteiger partial charge < -0.3 is 5.32 Å². The first-order valence-electron chi connectivity index (χ1n) is 5.59. The summed E-state index contributed by atoms with van der Waals surface area (Å²) in [5, 5.41) is 13.5. The van der Waals surface area contributed by atoms with Gasteiger partial charge in [-0.3, -0.25) is 10.1 Å². The number of rotatable bonds is 4. The predicted molar refractivity (Wildman–Crippen MR) is 71.8 cm³/mol. The SMILES string of the molecule is O=[N+]([O-])c1cc(F)ccc1NCc1cccc(Cl)c1F. The smallest absolute Gasteiger partial charge is 0.295 e. The molecule has 0 fully saturated rings. The zero-order valence-corrected chi connectivity index (χ0v) is 10.8. The fraction of sp³-hybridized carbons (Fsp3) is 0.0769. The summed E-state index contributed by atoms with van der Waals surface area (Å²) < 4.78 is 26.6. The topological polar surface area (TPSA) is 55.2 Å². The first kappa shape index (κ1) is 14.2. The molecule has 1 N–H and O–H groups in total. The Labute approximate surface area is 118 Å². The molecular weight excluding hydrogens is 290 g/mol. The zero-order chi connectivity index (χ0) is 14.7. The van der Waals surface area contributed by atoms with Crippen LogP contribution in [0.25, 0.3) is 0 Å². The number of halogens is 3. The van der Waals surface area contributed by atoms with E-state index in [-0.39, 0.29) is 22.8 Å². The largest absolute Gasteiger partial charge is 0.375 e. The number of nitrogens with one attached hydrogen (secondary N) is 1. The van der Waals surface area contributed by atoms with Crippen LogP contribution in [0, 0.1) is 21.7 Å². The average Bonchev–Trinajstić information content (AvgIpc) is 2.41. The molecule has 2 rings (SSSR count). The van der Waals surface area contributed by atoms with Gasteiger partial charge in [0, 0.05) is 12.1 Å². The maximum atomic E-state index is 13.7. The molecule has 0 heterocycles. The van der Waals surface area contributed by atoms with E-state index in [1.54, 1.807) is 6.07 Å². The highest BCUT2D eigenvalue weighted by Crippen LogP contribution is 2.26. The molecule has 0 aromatic heterocycles. The lowest BCUT2D eigenvalue weighted by molar-refractivity contribution is -0.384. The van der Waals surface area contributed by atoms with Crippen LogP contribution in [0.4, 0.5) is 20.2 Å². The van der Waals surface area contributed by atoms with Crippen molar-refractivity contribution in [2.24, 2.45) is 0 Å². The van der Waals surface area contributed by atoms with Crippen molar-refractivity contribution < 1.29 is 13.7 Å². The van der Waals surface area contributed by atoms with Gasteiger partial charge in [-0.05, 0) is 18.2 Å². The number of hydrogen-bond donors (Lipinski definition) is 1. The van der Waals surface area contributed by atoms with E-state index >= 15 is 0 Å². The number of nitrogens with zero attached hydrogens (tertiary/aromatic N) is 1. The molecule has 0 saturated heterocycles. The molecule has 4 nitrogen and oxygen atoms in total. The average molecular weight is 299 g/mol. The van der Waals surface area contributed by atoms with Crippen LogP contribution in [0.15, 0.2) is 36.4 Å². The Morgan fingerprint density at radius 3 is 2.70 bits per heavy atom. The van der Waals surface area contributed by atoms with Crippen LogP contribution in [-0.2, 0) is 6.54 Å². The normalized spacial score (nSPS) is 10.3. The van der Waals surface area contributed by atoms with Gasteiger partial charge in [-0.15, -0.1) is 0 Å². The van der Waals surface area contributed by atoms with Gasteiger partial charge in [0.25, 0.3) is 5.69 Å². The maximum Gasteiger partial charge on any atom is 0.295 e. The molecule has 0 radical (unpaired) electrons. The summed E-state index contributed by atoms with van der Waals surface area (Å²) in [6, 6.07) is 7.60. The third kappa shape index (κ3) is 3.03. The van der Waals surface area contributed by atoms with Gasteiger partial charge in [0.1, 0.15) is 17.3 Å². The highest BCUT2D eigenvalue weighted by molar-refractivity contribution is 6.30. The quantitative estimate of drug-likeness (QED) is 0.682. The van der Waals surface area contributed by atoms with Crippen LogP contribution in [0.5, 0.6) is 0 Å². The zero-order valence-electron chi connectivity index (χ0n) is 10.1. The van der Waals surface area contributed by atoms with Crippen molar-refractivity contribution in [2.45, 2.75) is 6.54 Å². The molecule has 0 aliphatic rings. The summed E-state index contributed by atoms with van der Waals surface area (Å²) in [4.78, 5) is 10.1. The molecule has 0 bridgehead atoms. The van der Waals surface area contributed by atoms with E-state index in [0.29, 0.717) is 0 Å².